The molecule has 0 aromatic rings. The normalized spacial score (nSPS) is 23.0. The van der Waals surface area contributed by atoms with Crippen LogP contribution in [0.4, 0.5) is 0 Å². The van der Waals surface area contributed by atoms with Gasteiger partial charge in [-0.3, -0.25) is 9.59 Å². The van der Waals surface area contributed by atoms with Crippen LogP contribution in [0.25, 0.3) is 0 Å². The van der Waals surface area contributed by atoms with E-state index in [1.807, 2.05) is 0 Å². The summed E-state index contributed by atoms with van der Waals surface area (Å²) in [6, 6.07) is 0. The maximum absolute atomic E-state index is 12.4. The molecule has 1 N–H and O–H groups in total. The number of ketones is 1. The molecule has 4 nitrogen and oxygen atoms in total. The standard InChI is InChI=1S/C17H27NO3/c1-2-3-4-8-11-18-12-14(19)15(17(18)21)16(20)13-9-6-5-7-10-13/h13,20H,2-12H2,1H3/b16-15-. The highest BCUT2D eigenvalue weighted by atomic mass is 16.3. The zero-order chi connectivity index (χ0) is 15.2. The van der Waals surface area contributed by atoms with Crippen LogP contribution in [0.15, 0.2) is 11.3 Å². The number of unbranched alkanes of at least 4 members (excludes halogenated alkanes) is 3. The summed E-state index contributed by atoms with van der Waals surface area (Å²) < 4.78 is 0. The second kappa shape index (κ2) is 7.62. The molecule has 21 heavy (non-hydrogen) atoms. The van der Waals surface area contributed by atoms with Gasteiger partial charge in [0, 0.05) is 12.5 Å². The number of hydrogen-bond acceptors (Lipinski definition) is 3. The van der Waals surface area contributed by atoms with Crippen molar-refractivity contribution in [2.24, 2.45) is 5.92 Å². The molecular weight excluding hydrogens is 266 g/mol. The minimum Gasteiger partial charge on any atom is -0.511 e. The summed E-state index contributed by atoms with van der Waals surface area (Å²) >= 11 is 0. The van der Waals surface area contributed by atoms with Crippen LogP contribution in [0.5, 0.6) is 0 Å². The first-order valence-corrected chi connectivity index (χ1v) is 8.40. The molecule has 2 rings (SSSR count). The number of Topliss-reactive ketones (excluding diaryl/α,β-unsaturated/α-hetero) is 1. The number of likely N-dealkylation sites (tertiary alicyclic amines) is 1. The van der Waals surface area contributed by atoms with Crippen molar-refractivity contribution in [3.8, 4) is 0 Å². The molecule has 2 aliphatic rings. The summed E-state index contributed by atoms with van der Waals surface area (Å²) in [5.41, 5.74) is 0.0809. The molecule has 118 valence electrons. The van der Waals surface area contributed by atoms with Crippen LogP contribution in [0, 0.1) is 5.92 Å². The maximum Gasteiger partial charge on any atom is 0.261 e. The lowest BCUT2D eigenvalue weighted by molar-refractivity contribution is -0.125. The van der Waals surface area contributed by atoms with E-state index in [9.17, 15) is 14.7 Å². The largest absolute Gasteiger partial charge is 0.511 e. The number of aliphatic hydroxyl groups excluding tert-OH is 1. The van der Waals surface area contributed by atoms with E-state index in [1.165, 1.54) is 6.42 Å². The first-order chi connectivity index (χ1) is 10.1. The average molecular weight is 293 g/mol. The van der Waals surface area contributed by atoms with Gasteiger partial charge in [-0.2, -0.15) is 0 Å². The van der Waals surface area contributed by atoms with Crippen LogP contribution < -0.4 is 0 Å². The summed E-state index contributed by atoms with van der Waals surface area (Å²) in [5.74, 6) is -0.361. The lowest BCUT2D eigenvalue weighted by Gasteiger charge is -2.21. The van der Waals surface area contributed by atoms with Crippen LogP contribution in [0.3, 0.4) is 0 Å². The molecular formula is C17H27NO3. The predicted octanol–water partition coefficient (Wildman–Crippen LogP) is 3.37. The van der Waals surface area contributed by atoms with Gasteiger partial charge in [0.15, 0.2) is 5.78 Å². The molecule has 0 bridgehead atoms. The van der Waals surface area contributed by atoms with Crippen LogP contribution in [0.1, 0.15) is 64.7 Å². The Morgan fingerprint density at radius 1 is 1.14 bits per heavy atom. The fraction of sp³-hybridized carbons (Fsp3) is 0.765. The molecule has 0 spiro atoms. The smallest absolute Gasteiger partial charge is 0.261 e. The molecule has 1 amide bonds. The van der Waals surface area contributed by atoms with Crippen molar-refractivity contribution >= 4 is 11.7 Å². The van der Waals surface area contributed by atoms with Crippen molar-refractivity contribution in [3.05, 3.63) is 11.3 Å². The fourth-order valence-electron chi connectivity index (χ4n) is 3.34. The second-order valence-electron chi connectivity index (χ2n) is 6.31. The zero-order valence-electron chi connectivity index (χ0n) is 13.1. The molecule has 2 fully saturated rings. The zero-order valence-corrected chi connectivity index (χ0v) is 13.1. The van der Waals surface area contributed by atoms with Crippen molar-refractivity contribution in [3.63, 3.8) is 0 Å². The number of carbonyl (C=O) groups excluding carboxylic acids is 2. The van der Waals surface area contributed by atoms with E-state index in [2.05, 4.69) is 6.92 Å². The summed E-state index contributed by atoms with van der Waals surface area (Å²) in [5, 5.41) is 10.4. The van der Waals surface area contributed by atoms with E-state index >= 15 is 0 Å². The van der Waals surface area contributed by atoms with Crippen LogP contribution in [-0.2, 0) is 9.59 Å². The molecule has 0 atom stereocenters. The van der Waals surface area contributed by atoms with E-state index in [-0.39, 0.29) is 35.5 Å². The highest BCUT2D eigenvalue weighted by Gasteiger charge is 2.37. The van der Waals surface area contributed by atoms with Crippen molar-refractivity contribution in [1.29, 1.82) is 0 Å². The second-order valence-corrected chi connectivity index (χ2v) is 6.31. The van der Waals surface area contributed by atoms with E-state index < -0.39 is 0 Å². The molecule has 1 saturated heterocycles. The quantitative estimate of drug-likeness (QED) is 0.353. The minimum absolute atomic E-state index is 0.0155. The van der Waals surface area contributed by atoms with Gasteiger partial charge >= 0.3 is 0 Å². The van der Waals surface area contributed by atoms with E-state index in [1.54, 1.807) is 4.90 Å². The van der Waals surface area contributed by atoms with E-state index in [0.717, 1.165) is 51.4 Å². The first kappa shape index (κ1) is 16.1. The molecule has 1 heterocycles. The van der Waals surface area contributed by atoms with Crippen molar-refractivity contribution in [2.75, 3.05) is 13.1 Å². The first-order valence-electron chi connectivity index (χ1n) is 8.40. The van der Waals surface area contributed by atoms with Gasteiger partial charge in [-0.25, -0.2) is 0 Å². The van der Waals surface area contributed by atoms with Crippen LogP contribution in [-0.4, -0.2) is 34.8 Å². The Bertz CT molecular complexity index is 422. The molecule has 0 aromatic heterocycles. The topological polar surface area (TPSA) is 57.6 Å². The summed E-state index contributed by atoms with van der Waals surface area (Å²) in [4.78, 5) is 26.0. The molecule has 0 aromatic carbocycles. The van der Waals surface area contributed by atoms with Crippen LogP contribution in [0.2, 0.25) is 0 Å². The molecule has 0 radical (unpaired) electrons. The summed E-state index contributed by atoms with van der Waals surface area (Å²) in [6.07, 6.45) is 9.46. The molecule has 1 aliphatic heterocycles. The third-order valence-corrected chi connectivity index (χ3v) is 4.64. The fourth-order valence-corrected chi connectivity index (χ4v) is 3.34. The maximum atomic E-state index is 12.4. The number of carbonyl (C=O) groups is 2. The third-order valence-electron chi connectivity index (χ3n) is 4.64. The van der Waals surface area contributed by atoms with Gasteiger partial charge in [0.25, 0.3) is 5.91 Å². The number of rotatable bonds is 6. The molecule has 0 unspecified atom stereocenters. The van der Waals surface area contributed by atoms with Crippen molar-refractivity contribution in [1.82, 2.24) is 4.90 Å². The Kier molecular flexibility index (Phi) is 5.83. The SMILES string of the molecule is CCCCCCN1CC(=O)/C(=C(/O)C2CCCCC2)C1=O. The van der Waals surface area contributed by atoms with Crippen LogP contribution >= 0.6 is 0 Å². The third kappa shape index (κ3) is 3.86. The number of allylic oxidation sites excluding steroid dienone is 1. The monoisotopic (exact) mass is 293 g/mol. The Hall–Kier alpha value is -1.32. The van der Waals surface area contributed by atoms with Gasteiger partial charge in [-0.15, -0.1) is 0 Å². The highest BCUT2D eigenvalue weighted by Crippen LogP contribution is 2.32. The predicted molar refractivity (Wildman–Crippen MR) is 82.0 cm³/mol. The Morgan fingerprint density at radius 2 is 1.86 bits per heavy atom. The number of nitrogens with zero attached hydrogens (tertiary/aromatic N) is 1. The van der Waals surface area contributed by atoms with E-state index in [4.69, 9.17) is 0 Å². The van der Waals surface area contributed by atoms with Gasteiger partial charge in [0.2, 0.25) is 0 Å². The van der Waals surface area contributed by atoms with Gasteiger partial charge in [0.05, 0.1) is 6.54 Å². The Balaban J connectivity index is 1.99. The average Bonchev–Trinajstić information content (AvgIpc) is 2.78. The summed E-state index contributed by atoms with van der Waals surface area (Å²) in [6.45, 7) is 2.93. The number of amides is 1. The van der Waals surface area contributed by atoms with Crippen molar-refractivity contribution < 1.29 is 14.7 Å². The lowest BCUT2D eigenvalue weighted by Crippen LogP contribution is -2.27. The Morgan fingerprint density at radius 3 is 2.52 bits per heavy atom. The number of aliphatic hydroxyl groups is 1. The van der Waals surface area contributed by atoms with Gasteiger partial charge in [-0.1, -0.05) is 45.4 Å². The van der Waals surface area contributed by atoms with Crippen molar-refractivity contribution in [2.45, 2.75) is 64.7 Å². The molecule has 1 saturated carbocycles. The molecule has 4 heteroatoms. The van der Waals surface area contributed by atoms with Gasteiger partial charge in [0.1, 0.15) is 11.3 Å². The van der Waals surface area contributed by atoms with Gasteiger partial charge in [-0.05, 0) is 19.3 Å². The van der Waals surface area contributed by atoms with Gasteiger partial charge < -0.3 is 10.0 Å². The summed E-state index contributed by atoms with van der Waals surface area (Å²) in [7, 11) is 0. The molecule has 1 aliphatic carbocycles. The minimum atomic E-state index is -0.250. The van der Waals surface area contributed by atoms with E-state index in [0.29, 0.717) is 6.54 Å². The number of hydrogen-bond donors (Lipinski definition) is 1. The highest BCUT2D eigenvalue weighted by molar-refractivity contribution is 6.25. The Labute approximate surface area is 127 Å². The lowest BCUT2D eigenvalue weighted by atomic mass is 9.86.